The maximum absolute atomic E-state index is 12.5. The summed E-state index contributed by atoms with van der Waals surface area (Å²) in [4.78, 5) is 27.2. The zero-order valence-electron chi connectivity index (χ0n) is 23.3. The van der Waals surface area contributed by atoms with Crippen LogP contribution in [-0.2, 0) is 14.1 Å². The van der Waals surface area contributed by atoms with Gasteiger partial charge in [-0.3, -0.25) is 9.13 Å². The molecule has 2 heterocycles. The number of hydrogen-bond donors (Lipinski definition) is 0. The number of nitrogens with zero attached hydrogens (tertiary/aromatic N) is 5. The van der Waals surface area contributed by atoms with Crippen LogP contribution in [0.4, 0.5) is 0 Å². The standard InChI is InChI=1S/C36H27N5O/c1-40-31-21-20-29(23-32(31)41(2)36(40)42)28-14-9-15-30(22-28)35-38-33(26-12-7-4-8-13-26)37-34(39-35)27-18-16-25(17-19-27)24-10-5-3-6-11-24/h3-23H,1-2H3. The monoisotopic (exact) mass is 545 g/mol. The first kappa shape index (κ1) is 25.4. The molecule has 0 aliphatic rings. The molecule has 0 atom stereocenters. The predicted octanol–water partition coefficient (Wildman–Crippen LogP) is 7.40. The Morgan fingerprint density at radius 3 is 1.50 bits per heavy atom. The van der Waals surface area contributed by atoms with Crippen LogP contribution in [0, 0.1) is 0 Å². The Hall–Kier alpha value is -5.62. The zero-order chi connectivity index (χ0) is 28.6. The molecule has 0 aliphatic heterocycles. The van der Waals surface area contributed by atoms with Crippen LogP contribution in [0.2, 0.25) is 0 Å². The lowest BCUT2D eigenvalue weighted by Gasteiger charge is -2.10. The quantitative estimate of drug-likeness (QED) is 0.226. The van der Waals surface area contributed by atoms with Gasteiger partial charge in [-0.15, -0.1) is 0 Å². The summed E-state index contributed by atoms with van der Waals surface area (Å²) in [5.41, 5.74) is 8.80. The van der Waals surface area contributed by atoms with Crippen molar-refractivity contribution in [3.63, 3.8) is 0 Å². The topological polar surface area (TPSA) is 65.6 Å². The molecule has 202 valence electrons. The summed E-state index contributed by atoms with van der Waals surface area (Å²) < 4.78 is 3.34. The second kappa shape index (κ2) is 10.4. The van der Waals surface area contributed by atoms with Crippen molar-refractivity contribution in [3.8, 4) is 56.4 Å². The molecule has 6 heteroatoms. The highest BCUT2D eigenvalue weighted by Gasteiger charge is 2.14. The molecular formula is C36H27N5O. The Morgan fingerprint density at radius 2 is 0.833 bits per heavy atom. The van der Waals surface area contributed by atoms with E-state index >= 15 is 0 Å². The van der Waals surface area contributed by atoms with E-state index in [1.54, 1.807) is 23.2 Å². The molecule has 6 nitrogen and oxygen atoms in total. The number of fused-ring (bicyclic) bond motifs is 1. The minimum Gasteiger partial charge on any atom is -0.295 e. The summed E-state index contributed by atoms with van der Waals surface area (Å²) >= 11 is 0. The predicted molar refractivity (Wildman–Crippen MR) is 169 cm³/mol. The van der Waals surface area contributed by atoms with Gasteiger partial charge in [0.25, 0.3) is 0 Å². The van der Waals surface area contributed by atoms with Gasteiger partial charge in [0.1, 0.15) is 0 Å². The molecule has 0 amide bonds. The smallest absolute Gasteiger partial charge is 0.295 e. The van der Waals surface area contributed by atoms with Crippen LogP contribution in [-0.4, -0.2) is 24.1 Å². The van der Waals surface area contributed by atoms with Gasteiger partial charge in [-0.05, 0) is 40.5 Å². The van der Waals surface area contributed by atoms with E-state index in [4.69, 9.17) is 15.0 Å². The molecule has 0 radical (unpaired) electrons. The Bertz CT molecular complexity index is 2110. The highest BCUT2D eigenvalue weighted by molar-refractivity contribution is 5.83. The number of aryl methyl sites for hydroxylation is 2. The highest BCUT2D eigenvalue weighted by atomic mass is 16.1. The van der Waals surface area contributed by atoms with Gasteiger partial charge in [0.15, 0.2) is 17.5 Å². The summed E-state index contributed by atoms with van der Waals surface area (Å²) in [5.74, 6) is 1.83. The summed E-state index contributed by atoms with van der Waals surface area (Å²) in [6.07, 6.45) is 0. The van der Waals surface area contributed by atoms with Crippen molar-refractivity contribution < 1.29 is 0 Å². The lowest BCUT2D eigenvalue weighted by Crippen LogP contribution is -2.19. The SMILES string of the molecule is Cn1c(=O)n(C)c2cc(-c3cccc(-c4nc(-c5ccccc5)nc(-c5ccc(-c6ccccc6)cc5)n4)c3)ccc21. The Balaban J connectivity index is 1.33. The minimum atomic E-state index is -0.0427. The average Bonchev–Trinajstić information content (AvgIpc) is 3.28. The van der Waals surface area contributed by atoms with Crippen LogP contribution in [0.1, 0.15) is 0 Å². The second-order valence-electron chi connectivity index (χ2n) is 10.3. The average molecular weight is 546 g/mol. The number of aromatic nitrogens is 5. The summed E-state index contributed by atoms with van der Waals surface area (Å²) in [6, 6.07) is 42.9. The molecule has 0 fully saturated rings. The van der Waals surface area contributed by atoms with E-state index in [0.717, 1.165) is 50.0 Å². The normalized spacial score (nSPS) is 11.2. The molecule has 0 spiro atoms. The van der Waals surface area contributed by atoms with Crippen molar-refractivity contribution in [2.24, 2.45) is 14.1 Å². The van der Waals surface area contributed by atoms with Gasteiger partial charge in [-0.25, -0.2) is 19.7 Å². The summed E-state index contributed by atoms with van der Waals surface area (Å²) in [7, 11) is 3.59. The van der Waals surface area contributed by atoms with E-state index < -0.39 is 0 Å². The largest absolute Gasteiger partial charge is 0.328 e. The van der Waals surface area contributed by atoms with Crippen LogP contribution < -0.4 is 5.69 Å². The Kier molecular flexibility index (Phi) is 6.28. The number of benzene rings is 5. The fourth-order valence-corrected chi connectivity index (χ4v) is 5.32. The van der Waals surface area contributed by atoms with E-state index in [0.29, 0.717) is 17.5 Å². The number of hydrogen-bond acceptors (Lipinski definition) is 4. The highest BCUT2D eigenvalue weighted by Crippen LogP contribution is 2.30. The molecular weight excluding hydrogens is 518 g/mol. The van der Waals surface area contributed by atoms with Gasteiger partial charge >= 0.3 is 5.69 Å². The fourth-order valence-electron chi connectivity index (χ4n) is 5.32. The third-order valence-corrected chi connectivity index (χ3v) is 7.64. The first-order valence-corrected chi connectivity index (χ1v) is 13.8. The second-order valence-corrected chi connectivity index (χ2v) is 10.3. The van der Waals surface area contributed by atoms with Gasteiger partial charge in [0.2, 0.25) is 0 Å². The summed E-state index contributed by atoms with van der Waals surface area (Å²) in [6.45, 7) is 0. The molecule has 2 aromatic heterocycles. The zero-order valence-corrected chi connectivity index (χ0v) is 23.3. The van der Waals surface area contributed by atoms with Crippen molar-refractivity contribution in [1.82, 2.24) is 24.1 Å². The van der Waals surface area contributed by atoms with Gasteiger partial charge in [-0.1, -0.05) is 109 Å². The van der Waals surface area contributed by atoms with Crippen LogP contribution in [0.25, 0.3) is 67.5 Å². The van der Waals surface area contributed by atoms with Crippen LogP contribution in [0.15, 0.2) is 132 Å². The van der Waals surface area contributed by atoms with E-state index in [2.05, 4.69) is 54.6 Å². The third-order valence-electron chi connectivity index (χ3n) is 7.64. The van der Waals surface area contributed by atoms with E-state index in [1.165, 1.54) is 0 Å². The molecule has 0 unspecified atom stereocenters. The lowest BCUT2D eigenvalue weighted by molar-refractivity contribution is 0.795. The molecule has 0 N–H and O–H groups in total. The third kappa shape index (κ3) is 4.59. The minimum absolute atomic E-state index is 0.0427. The molecule has 42 heavy (non-hydrogen) atoms. The Labute approximate surface area is 243 Å². The molecule has 7 rings (SSSR count). The number of imidazole rings is 1. The van der Waals surface area contributed by atoms with Crippen molar-refractivity contribution in [1.29, 1.82) is 0 Å². The van der Waals surface area contributed by atoms with E-state index in [9.17, 15) is 4.79 Å². The van der Waals surface area contributed by atoms with Crippen LogP contribution in [0.5, 0.6) is 0 Å². The van der Waals surface area contributed by atoms with E-state index in [-0.39, 0.29) is 5.69 Å². The van der Waals surface area contributed by atoms with Gasteiger partial charge in [-0.2, -0.15) is 0 Å². The summed E-state index contributed by atoms with van der Waals surface area (Å²) in [5, 5.41) is 0. The van der Waals surface area contributed by atoms with E-state index in [1.807, 2.05) is 72.8 Å². The fraction of sp³-hybridized carbons (Fsp3) is 0.0556. The van der Waals surface area contributed by atoms with Crippen molar-refractivity contribution in [2.75, 3.05) is 0 Å². The maximum Gasteiger partial charge on any atom is 0.328 e. The maximum atomic E-state index is 12.5. The van der Waals surface area contributed by atoms with Crippen molar-refractivity contribution in [3.05, 3.63) is 138 Å². The molecule has 0 aliphatic carbocycles. The van der Waals surface area contributed by atoms with Crippen LogP contribution >= 0.6 is 0 Å². The molecule has 0 saturated carbocycles. The first-order chi connectivity index (χ1) is 20.5. The van der Waals surface area contributed by atoms with Crippen molar-refractivity contribution >= 4 is 11.0 Å². The van der Waals surface area contributed by atoms with Crippen molar-refractivity contribution in [2.45, 2.75) is 0 Å². The van der Waals surface area contributed by atoms with Crippen LogP contribution in [0.3, 0.4) is 0 Å². The molecule has 0 bridgehead atoms. The Morgan fingerprint density at radius 1 is 0.405 bits per heavy atom. The first-order valence-electron chi connectivity index (χ1n) is 13.8. The lowest BCUT2D eigenvalue weighted by atomic mass is 10.0. The number of rotatable bonds is 5. The van der Waals surface area contributed by atoms with Gasteiger partial charge < -0.3 is 0 Å². The molecule has 7 aromatic rings. The van der Waals surface area contributed by atoms with Gasteiger partial charge in [0, 0.05) is 30.8 Å². The molecule has 5 aromatic carbocycles. The van der Waals surface area contributed by atoms with Gasteiger partial charge in [0.05, 0.1) is 11.0 Å². The molecule has 0 saturated heterocycles.